The molecule has 1 aromatic rings. The Morgan fingerprint density at radius 2 is 1.95 bits per heavy atom. The van der Waals surface area contributed by atoms with E-state index in [0.717, 1.165) is 0 Å². The average molecular weight is 290 g/mol. The van der Waals surface area contributed by atoms with Crippen LogP contribution in [0.2, 0.25) is 0 Å². The Morgan fingerprint density at radius 1 is 1.25 bits per heavy atom. The fourth-order valence-electron chi connectivity index (χ4n) is 2.62. The maximum Gasteiger partial charge on any atom is 0.393 e. The first-order valence-corrected chi connectivity index (χ1v) is 6.67. The summed E-state index contributed by atoms with van der Waals surface area (Å²) in [7, 11) is 0. The molecule has 1 fully saturated rings. The summed E-state index contributed by atoms with van der Waals surface area (Å²) in [5, 5.41) is 0. The quantitative estimate of drug-likeness (QED) is 0.867. The number of hydrogen-bond donors (Lipinski definition) is 1. The highest BCUT2D eigenvalue weighted by atomic mass is 19.4. The summed E-state index contributed by atoms with van der Waals surface area (Å²) in [5.74, 6) is -1.71. The van der Waals surface area contributed by atoms with E-state index in [1.807, 2.05) is 0 Å². The molecular weight excluding hydrogens is 272 g/mol. The van der Waals surface area contributed by atoms with Gasteiger partial charge in [0.2, 0.25) is 0 Å². The van der Waals surface area contributed by atoms with Gasteiger partial charge in [-0.25, -0.2) is 4.39 Å². The second kappa shape index (κ2) is 6.10. The summed E-state index contributed by atoms with van der Waals surface area (Å²) in [6, 6.07) is 4.88. The molecule has 0 aliphatic carbocycles. The molecule has 1 aliphatic heterocycles. The molecule has 112 valence electrons. The third-order valence-corrected chi connectivity index (χ3v) is 3.74. The average Bonchev–Trinajstić information content (AvgIpc) is 2.40. The van der Waals surface area contributed by atoms with Crippen molar-refractivity contribution in [1.29, 1.82) is 0 Å². The van der Waals surface area contributed by atoms with E-state index in [1.165, 1.54) is 0 Å². The van der Waals surface area contributed by atoms with Crippen molar-refractivity contribution < 1.29 is 17.6 Å². The molecular formula is C14H18F4N2. The van der Waals surface area contributed by atoms with E-state index in [2.05, 4.69) is 0 Å². The van der Waals surface area contributed by atoms with E-state index in [4.69, 9.17) is 5.73 Å². The number of nitrogens with zero attached hydrogens (tertiary/aromatic N) is 1. The first kappa shape index (κ1) is 15.3. The molecule has 0 aromatic heterocycles. The number of rotatable bonds is 3. The van der Waals surface area contributed by atoms with Crippen LogP contribution in [0.5, 0.6) is 0 Å². The molecule has 2 N–H and O–H groups in total. The van der Waals surface area contributed by atoms with Crippen LogP contribution in [0.4, 0.5) is 17.6 Å². The van der Waals surface area contributed by atoms with Crippen molar-refractivity contribution in [3.63, 3.8) is 0 Å². The number of piperidine rings is 1. The fourth-order valence-corrected chi connectivity index (χ4v) is 2.62. The van der Waals surface area contributed by atoms with Crippen LogP contribution in [0.1, 0.15) is 24.0 Å². The van der Waals surface area contributed by atoms with Crippen molar-refractivity contribution in [2.24, 2.45) is 11.7 Å². The SMILES string of the molecule is NCc1cccc(CN2CCCC(C(F)(F)F)C2)c1F. The predicted molar refractivity (Wildman–Crippen MR) is 68.3 cm³/mol. The molecule has 0 bridgehead atoms. The Hall–Kier alpha value is -1.14. The van der Waals surface area contributed by atoms with Gasteiger partial charge >= 0.3 is 6.18 Å². The minimum Gasteiger partial charge on any atom is -0.326 e. The van der Waals surface area contributed by atoms with Gasteiger partial charge in [-0.2, -0.15) is 13.2 Å². The Bertz CT molecular complexity index is 459. The first-order valence-electron chi connectivity index (χ1n) is 6.67. The van der Waals surface area contributed by atoms with Crippen LogP contribution >= 0.6 is 0 Å². The first-order chi connectivity index (χ1) is 9.41. The maximum atomic E-state index is 14.0. The van der Waals surface area contributed by atoms with Gasteiger partial charge in [-0.3, -0.25) is 4.90 Å². The Balaban J connectivity index is 2.07. The van der Waals surface area contributed by atoms with Crippen molar-refractivity contribution in [2.45, 2.75) is 32.1 Å². The molecule has 1 aromatic carbocycles. The zero-order chi connectivity index (χ0) is 14.8. The fraction of sp³-hybridized carbons (Fsp3) is 0.571. The molecule has 2 rings (SSSR count). The summed E-state index contributed by atoms with van der Waals surface area (Å²) in [4.78, 5) is 1.67. The number of hydrogen-bond acceptors (Lipinski definition) is 2. The van der Waals surface area contributed by atoms with Gasteiger partial charge in [0.15, 0.2) is 0 Å². The molecule has 1 aliphatic rings. The molecule has 6 heteroatoms. The van der Waals surface area contributed by atoms with Gasteiger partial charge in [-0.15, -0.1) is 0 Å². The lowest BCUT2D eigenvalue weighted by molar-refractivity contribution is -0.187. The lowest BCUT2D eigenvalue weighted by atomic mass is 9.97. The number of halogens is 4. The molecule has 0 spiro atoms. The van der Waals surface area contributed by atoms with Gasteiger partial charge < -0.3 is 5.73 Å². The van der Waals surface area contributed by atoms with E-state index in [0.29, 0.717) is 24.1 Å². The lowest BCUT2D eigenvalue weighted by Gasteiger charge is -2.33. The highest BCUT2D eigenvalue weighted by molar-refractivity contribution is 5.25. The third kappa shape index (κ3) is 3.49. The highest BCUT2D eigenvalue weighted by Crippen LogP contribution is 2.33. The number of benzene rings is 1. The van der Waals surface area contributed by atoms with Crippen molar-refractivity contribution in [1.82, 2.24) is 4.90 Å². The molecule has 0 saturated carbocycles. The van der Waals surface area contributed by atoms with Crippen LogP contribution in [0.15, 0.2) is 18.2 Å². The predicted octanol–water partition coefficient (Wildman–Crippen LogP) is 3.06. The van der Waals surface area contributed by atoms with Gasteiger partial charge in [0.25, 0.3) is 0 Å². The van der Waals surface area contributed by atoms with Gasteiger partial charge in [0.1, 0.15) is 5.82 Å². The van der Waals surface area contributed by atoms with Gasteiger partial charge in [-0.1, -0.05) is 18.2 Å². The highest BCUT2D eigenvalue weighted by Gasteiger charge is 2.41. The topological polar surface area (TPSA) is 29.3 Å². The standard InChI is InChI=1S/C14H18F4N2/c15-13-10(7-19)3-1-4-11(13)8-20-6-2-5-12(9-20)14(16,17)18/h1,3-4,12H,2,5-9,19H2. The van der Waals surface area contributed by atoms with Gasteiger partial charge in [-0.05, 0) is 19.4 Å². The van der Waals surface area contributed by atoms with Crippen molar-refractivity contribution in [3.05, 3.63) is 35.1 Å². The minimum absolute atomic E-state index is 0.0597. The number of likely N-dealkylation sites (tertiary alicyclic amines) is 1. The Labute approximate surface area is 115 Å². The second-order valence-electron chi connectivity index (χ2n) is 5.21. The minimum atomic E-state index is -4.17. The molecule has 1 unspecified atom stereocenters. The molecule has 1 atom stereocenters. The van der Waals surface area contributed by atoms with Crippen LogP contribution in [0, 0.1) is 11.7 Å². The van der Waals surface area contributed by atoms with E-state index in [1.54, 1.807) is 23.1 Å². The van der Waals surface area contributed by atoms with Crippen LogP contribution in [-0.4, -0.2) is 24.2 Å². The van der Waals surface area contributed by atoms with Gasteiger partial charge in [0.05, 0.1) is 5.92 Å². The van der Waals surface area contributed by atoms with Crippen molar-refractivity contribution >= 4 is 0 Å². The summed E-state index contributed by atoms with van der Waals surface area (Å²) in [6.07, 6.45) is -3.52. The van der Waals surface area contributed by atoms with Gasteiger partial charge in [0, 0.05) is 30.8 Å². The number of nitrogens with two attached hydrogens (primary N) is 1. The van der Waals surface area contributed by atoms with E-state index < -0.39 is 17.9 Å². The zero-order valence-corrected chi connectivity index (χ0v) is 11.1. The maximum absolute atomic E-state index is 14.0. The summed E-state index contributed by atoms with van der Waals surface area (Å²) in [5.41, 5.74) is 6.24. The molecule has 0 amide bonds. The van der Waals surface area contributed by atoms with Crippen LogP contribution in [-0.2, 0) is 13.1 Å². The van der Waals surface area contributed by atoms with E-state index in [-0.39, 0.29) is 26.1 Å². The number of alkyl halides is 3. The molecule has 20 heavy (non-hydrogen) atoms. The largest absolute Gasteiger partial charge is 0.393 e. The lowest BCUT2D eigenvalue weighted by Crippen LogP contribution is -2.41. The Kier molecular flexibility index (Phi) is 4.65. The third-order valence-electron chi connectivity index (χ3n) is 3.74. The smallest absolute Gasteiger partial charge is 0.326 e. The van der Waals surface area contributed by atoms with Crippen LogP contribution in [0.25, 0.3) is 0 Å². The summed E-state index contributed by atoms with van der Waals surface area (Å²) >= 11 is 0. The molecule has 2 nitrogen and oxygen atoms in total. The van der Waals surface area contributed by atoms with Crippen molar-refractivity contribution in [2.75, 3.05) is 13.1 Å². The van der Waals surface area contributed by atoms with Crippen molar-refractivity contribution in [3.8, 4) is 0 Å². The van der Waals surface area contributed by atoms with Crippen LogP contribution < -0.4 is 5.73 Å². The summed E-state index contributed by atoms with van der Waals surface area (Å²) < 4.78 is 52.2. The monoisotopic (exact) mass is 290 g/mol. The Morgan fingerprint density at radius 3 is 2.60 bits per heavy atom. The van der Waals surface area contributed by atoms with E-state index in [9.17, 15) is 17.6 Å². The van der Waals surface area contributed by atoms with Crippen LogP contribution in [0.3, 0.4) is 0 Å². The molecule has 1 heterocycles. The normalized spacial score (nSPS) is 21.1. The second-order valence-corrected chi connectivity index (χ2v) is 5.21. The molecule has 0 radical (unpaired) electrons. The van der Waals surface area contributed by atoms with E-state index >= 15 is 0 Å². The summed E-state index contributed by atoms with van der Waals surface area (Å²) in [6.45, 7) is 0.797. The molecule has 1 saturated heterocycles. The zero-order valence-electron chi connectivity index (χ0n) is 11.1.